The molecule has 10 rings (SSSR count). The maximum Gasteiger partial charge on any atom is 0.160 e. The largest absolute Gasteiger partial charge is 0.456 e. The van der Waals surface area contributed by atoms with Crippen molar-refractivity contribution in [1.82, 2.24) is 14.5 Å². The van der Waals surface area contributed by atoms with Gasteiger partial charge in [-0.3, -0.25) is 0 Å². The Labute approximate surface area is 288 Å². The Morgan fingerprint density at radius 3 is 1.84 bits per heavy atom. The van der Waals surface area contributed by atoms with Gasteiger partial charge in [0.1, 0.15) is 11.2 Å². The van der Waals surface area contributed by atoms with Crippen LogP contribution in [-0.2, 0) is 0 Å². The number of aromatic nitrogens is 3. The van der Waals surface area contributed by atoms with Gasteiger partial charge in [0.2, 0.25) is 0 Å². The summed E-state index contributed by atoms with van der Waals surface area (Å²) in [7, 11) is 0. The van der Waals surface area contributed by atoms with E-state index in [1.165, 1.54) is 21.8 Å². The fourth-order valence-corrected chi connectivity index (χ4v) is 7.29. The molecule has 4 nitrogen and oxygen atoms in total. The van der Waals surface area contributed by atoms with Crippen molar-refractivity contribution in [3.8, 4) is 50.7 Å². The van der Waals surface area contributed by atoms with Gasteiger partial charge in [0.25, 0.3) is 0 Å². The Bertz CT molecular complexity index is 2800. The number of furan rings is 1. The number of rotatable bonds is 5. The molecule has 3 heterocycles. The van der Waals surface area contributed by atoms with Crippen LogP contribution in [0.15, 0.2) is 180 Å². The van der Waals surface area contributed by atoms with Crippen LogP contribution in [0.5, 0.6) is 0 Å². The van der Waals surface area contributed by atoms with Crippen LogP contribution in [0, 0.1) is 0 Å². The molecule has 7 aromatic carbocycles. The molecule has 0 bridgehead atoms. The molecule has 10 aromatic rings. The van der Waals surface area contributed by atoms with Crippen LogP contribution >= 0.6 is 0 Å². The van der Waals surface area contributed by atoms with Crippen molar-refractivity contribution in [3.05, 3.63) is 176 Å². The maximum atomic E-state index is 6.47. The monoisotopic (exact) mass is 639 g/mol. The van der Waals surface area contributed by atoms with Gasteiger partial charge in [0.05, 0.1) is 22.4 Å². The summed E-state index contributed by atoms with van der Waals surface area (Å²) in [6, 6.07) is 61.3. The van der Waals surface area contributed by atoms with Crippen LogP contribution in [0.2, 0.25) is 0 Å². The first-order valence-electron chi connectivity index (χ1n) is 16.8. The average molecular weight is 640 g/mol. The summed E-state index contributed by atoms with van der Waals surface area (Å²) in [6.07, 6.45) is 0. The van der Waals surface area contributed by atoms with Crippen molar-refractivity contribution in [1.29, 1.82) is 0 Å². The van der Waals surface area contributed by atoms with Crippen LogP contribution in [-0.4, -0.2) is 14.5 Å². The quantitative estimate of drug-likeness (QED) is 0.188. The number of hydrogen-bond donors (Lipinski definition) is 0. The van der Waals surface area contributed by atoms with Crippen LogP contribution in [0.25, 0.3) is 94.5 Å². The highest BCUT2D eigenvalue weighted by molar-refractivity contribution is 6.15. The van der Waals surface area contributed by atoms with E-state index in [1.807, 2.05) is 36.4 Å². The van der Waals surface area contributed by atoms with Crippen molar-refractivity contribution in [2.45, 2.75) is 0 Å². The molecule has 0 atom stereocenters. The lowest BCUT2D eigenvalue weighted by molar-refractivity contribution is 0.669. The fraction of sp³-hybridized carbons (Fsp3) is 0. The smallest absolute Gasteiger partial charge is 0.160 e. The molecule has 0 aliphatic heterocycles. The Morgan fingerprint density at radius 1 is 0.400 bits per heavy atom. The first kappa shape index (κ1) is 28.3. The van der Waals surface area contributed by atoms with Crippen LogP contribution < -0.4 is 0 Å². The predicted octanol–water partition coefficient (Wildman–Crippen LogP) is 12.1. The van der Waals surface area contributed by atoms with Crippen molar-refractivity contribution in [2.24, 2.45) is 0 Å². The summed E-state index contributed by atoms with van der Waals surface area (Å²) < 4.78 is 8.83. The molecule has 0 fully saturated rings. The van der Waals surface area contributed by atoms with Gasteiger partial charge in [-0.05, 0) is 71.8 Å². The Kier molecular flexibility index (Phi) is 6.46. The second-order valence-electron chi connectivity index (χ2n) is 12.6. The summed E-state index contributed by atoms with van der Waals surface area (Å²) in [4.78, 5) is 10.1. The molecule has 0 amide bonds. The average Bonchev–Trinajstić information content (AvgIpc) is 3.74. The standard InChI is InChI=1S/C46H29N3O/c1-4-13-30(14-5-1)39-29-40(48-46(47-39)31-15-6-2-7-16-31)33-24-26-43-38(28-33)45-35(20-12-22-44(45)50-43)32-23-25-42-37(27-32)36-19-10-11-21-41(36)49(42)34-17-8-3-9-18-34/h1-29H. The van der Waals surface area contributed by atoms with Gasteiger partial charge >= 0.3 is 0 Å². The van der Waals surface area contributed by atoms with Gasteiger partial charge in [-0.1, -0.05) is 115 Å². The highest BCUT2D eigenvalue weighted by Gasteiger charge is 2.18. The third-order valence-electron chi connectivity index (χ3n) is 9.62. The molecule has 0 aliphatic rings. The van der Waals surface area contributed by atoms with Crippen molar-refractivity contribution >= 4 is 43.7 Å². The third kappa shape index (κ3) is 4.61. The van der Waals surface area contributed by atoms with Gasteiger partial charge < -0.3 is 8.98 Å². The van der Waals surface area contributed by atoms with Crippen molar-refractivity contribution in [2.75, 3.05) is 0 Å². The maximum absolute atomic E-state index is 6.47. The van der Waals surface area contributed by atoms with E-state index in [9.17, 15) is 0 Å². The topological polar surface area (TPSA) is 43.9 Å². The van der Waals surface area contributed by atoms with E-state index >= 15 is 0 Å². The second kappa shape index (κ2) is 11.4. The van der Waals surface area contributed by atoms with E-state index in [2.05, 4.69) is 144 Å². The second-order valence-corrected chi connectivity index (χ2v) is 12.6. The van der Waals surface area contributed by atoms with Crippen molar-refractivity contribution in [3.63, 3.8) is 0 Å². The van der Waals surface area contributed by atoms with E-state index in [4.69, 9.17) is 14.4 Å². The van der Waals surface area contributed by atoms with E-state index in [0.29, 0.717) is 5.82 Å². The molecule has 0 unspecified atom stereocenters. The normalized spacial score (nSPS) is 11.6. The molecule has 50 heavy (non-hydrogen) atoms. The number of para-hydroxylation sites is 2. The zero-order valence-corrected chi connectivity index (χ0v) is 27.0. The fourth-order valence-electron chi connectivity index (χ4n) is 7.29. The molecule has 4 heteroatoms. The number of fused-ring (bicyclic) bond motifs is 6. The number of nitrogens with zero attached hydrogens (tertiary/aromatic N) is 3. The SMILES string of the molecule is c1ccc(-c2cc(-c3ccc4oc5cccc(-c6ccc7c(c6)c6ccccc6n7-c6ccccc6)c5c4c3)nc(-c3ccccc3)n2)cc1. The van der Waals surface area contributed by atoms with Gasteiger partial charge in [-0.25, -0.2) is 9.97 Å². The van der Waals surface area contributed by atoms with Gasteiger partial charge in [0.15, 0.2) is 5.82 Å². The molecule has 0 saturated heterocycles. The summed E-state index contributed by atoms with van der Waals surface area (Å²) in [5.74, 6) is 0.697. The summed E-state index contributed by atoms with van der Waals surface area (Å²) in [6.45, 7) is 0. The Morgan fingerprint density at radius 2 is 1.04 bits per heavy atom. The van der Waals surface area contributed by atoms with E-state index < -0.39 is 0 Å². The summed E-state index contributed by atoms with van der Waals surface area (Å²) in [5.41, 5.74) is 12.3. The lowest BCUT2D eigenvalue weighted by Crippen LogP contribution is -1.95. The van der Waals surface area contributed by atoms with Gasteiger partial charge in [-0.2, -0.15) is 0 Å². The van der Waals surface area contributed by atoms with Gasteiger partial charge in [0, 0.05) is 43.9 Å². The lowest BCUT2D eigenvalue weighted by atomic mass is 9.97. The van der Waals surface area contributed by atoms with Crippen LogP contribution in [0.4, 0.5) is 0 Å². The molecule has 0 radical (unpaired) electrons. The molecule has 3 aromatic heterocycles. The lowest BCUT2D eigenvalue weighted by Gasteiger charge is -2.10. The first-order valence-corrected chi connectivity index (χ1v) is 16.8. The highest BCUT2D eigenvalue weighted by Crippen LogP contribution is 2.41. The van der Waals surface area contributed by atoms with Gasteiger partial charge in [-0.15, -0.1) is 0 Å². The minimum absolute atomic E-state index is 0.697. The number of benzene rings is 7. The zero-order valence-electron chi connectivity index (χ0n) is 27.0. The van der Waals surface area contributed by atoms with E-state index in [1.54, 1.807) is 0 Å². The van der Waals surface area contributed by atoms with E-state index in [-0.39, 0.29) is 0 Å². The highest BCUT2D eigenvalue weighted by atomic mass is 16.3. The molecular weight excluding hydrogens is 611 g/mol. The molecule has 0 aliphatic carbocycles. The molecule has 0 N–H and O–H groups in total. The van der Waals surface area contributed by atoms with Crippen LogP contribution in [0.1, 0.15) is 0 Å². The predicted molar refractivity (Wildman–Crippen MR) is 205 cm³/mol. The molecule has 0 spiro atoms. The molecule has 234 valence electrons. The number of hydrogen-bond acceptors (Lipinski definition) is 3. The third-order valence-corrected chi connectivity index (χ3v) is 9.62. The molecule has 0 saturated carbocycles. The summed E-state index contributed by atoms with van der Waals surface area (Å²) in [5, 5.41) is 4.60. The van der Waals surface area contributed by atoms with Crippen molar-refractivity contribution < 1.29 is 4.42 Å². The molecular formula is C46H29N3O. The first-order chi connectivity index (χ1) is 24.8. The Balaban J connectivity index is 1.16. The Hall–Kier alpha value is -6.78. The van der Waals surface area contributed by atoms with E-state index in [0.717, 1.165) is 66.8 Å². The van der Waals surface area contributed by atoms with Crippen LogP contribution in [0.3, 0.4) is 0 Å². The minimum Gasteiger partial charge on any atom is -0.456 e. The zero-order chi connectivity index (χ0) is 33.0. The summed E-state index contributed by atoms with van der Waals surface area (Å²) >= 11 is 0. The minimum atomic E-state index is 0.697.